The summed E-state index contributed by atoms with van der Waals surface area (Å²) in [6, 6.07) is 5.51. The molecule has 6 heteroatoms. The molecule has 0 saturated heterocycles. The van der Waals surface area contributed by atoms with Gasteiger partial charge in [0.2, 0.25) is 5.91 Å². The number of carbonyl (C=O) groups is 1. The Morgan fingerprint density at radius 3 is 3.06 bits per heavy atom. The van der Waals surface area contributed by atoms with Gasteiger partial charge in [-0.05, 0) is 19.1 Å². The number of amides is 1. The molecule has 0 bridgehead atoms. The van der Waals surface area contributed by atoms with Crippen molar-refractivity contribution < 1.29 is 4.79 Å². The number of carbonyl (C=O) groups excluding carboxylic acids is 1. The fourth-order valence-electron chi connectivity index (χ4n) is 1.40. The first-order chi connectivity index (χ1) is 8.29. The molecule has 0 fully saturated rings. The Balaban J connectivity index is 2.09. The van der Waals surface area contributed by atoms with Crippen molar-refractivity contribution in [3.8, 4) is 11.5 Å². The molecule has 0 atom stereocenters. The Morgan fingerprint density at radius 1 is 1.47 bits per heavy atom. The molecule has 0 spiro atoms. The molecule has 2 rings (SSSR count). The predicted molar refractivity (Wildman–Crippen MR) is 62.0 cm³/mol. The minimum atomic E-state index is -0.0729. The molecular weight excluding hydrogens is 218 g/mol. The first-order valence-corrected chi connectivity index (χ1v) is 5.39. The van der Waals surface area contributed by atoms with Crippen molar-refractivity contribution in [3.63, 3.8) is 0 Å². The van der Waals surface area contributed by atoms with Crippen LogP contribution >= 0.6 is 0 Å². The van der Waals surface area contributed by atoms with Gasteiger partial charge in [-0.3, -0.25) is 14.9 Å². The van der Waals surface area contributed by atoms with Crippen molar-refractivity contribution in [2.24, 2.45) is 0 Å². The molecule has 88 valence electrons. The summed E-state index contributed by atoms with van der Waals surface area (Å²) in [5, 5.41) is 9.45. The number of aromatic nitrogens is 4. The second-order valence-electron chi connectivity index (χ2n) is 3.45. The molecule has 0 saturated carbocycles. The number of hydrogen-bond acceptors (Lipinski definition) is 4. The van der Waals surface area contributed by atoms with E-state index >= 15 is 0 Å². The summed E-state index contributed by atoms with van der Waals surface area (Å²) >= 11 is 0. The first-order valence-electron chi connectivity index (χ1n) is 5.39. The number of pyridine rings is 1. The van der Waals surface area contributed by atoms with E-state index in [1.165, 1.54) is 0 Å². The second kappa shape index (κ2) is 5.20. The highest BCUT2D eigenvalue weighted by Crippen LogP contribution is 2.09. The van der Waals surface area contributed by atoms with E-state index in [9.17, 15) is 4.79 Å². The standard InChI is InChI=1S/C11H13N5O/c1-2-12-10(17)7-9-14-11(16-15-9)8-5-3-4-6-13-8/h3-6H,2,7H2,1H3,(H,12,17)(H,14,15,16). The number of nitrogens with one attached hydrogen (secondary N) is 2. The van der Waals surface area contributed by atoms with Gasteiger partial charge in [-0.2, -0.15) is 5.10 Å². The van der Waals surface area contributed by atoms with Crippen molar-refractivity contribution >= 4 is 5.91 Å². The summed E-state index contributed by atoms with van der Waals surface area (Å²) in [5.41, 5.74) is 0.686. The van der Waals surface area contributed by atoms with Crippen LogP contribution < -0.4 is 5.32 Å². The molecule has 0 aliphatic rings. The Kier molecular flexibility index (Phi) is 3.44. The smallest absolute Gasteiger partial charge is 0.227 e. The average molecular weight is 231 g/mol. The highest BCUT2D eigenvalue weighted by molar-refractivity contribution is 5.77. The normalized spacial score (nSPS) is 10.2. The third kappa shape index (κ3) is 2.87. The van der Waals surface area contributed by atoms with Crippen LogP contribution in [0.4, 0.5) is 0 Å². The highest BCUT2D eigenvalue weighted by Gasteiger charge is 2.09. The van der Waals surface area contributed by atoms with Gasteiger partial charge < -0.3 is 5.32 Å². The number of aromatic amines is 1. The fourth-order valence-corrected chi connectivity index (χ4v) is 1.40. The van der Waals surface area contributed by atoms with E-state index < -0.39 is 0 Å². The molecule has 0 aliphatic carbocycles. The van der Waals surface area contributed by atoms with Gasteiger partial charge in [0, 0.05) is 12.7 Å². The first kappa shape index (κ1) is 11.3. The van der Waals surface area contributed by atoms with Crippen LogP contribution in [-0.2, 0) is 11.2 Å². The second-order valence-corrected chi connectivity index (χ2v) is 3.45. The van der Waals surface area contributed by atoms with Gasteiger partial charge in [-0.25, -0.2) is 4.98 Å². The van der Waals surface area contributed by atoms with Crippen LogP contribution in [0, 0.1) is 0 Å². The van der Waals surface area contributed by atoms with Crippen LogP contribution in [0.2, 0.25) is 0 Å². The van der Waals surface area contributed by atoms with Crippen molar-refractivity contribution in [2.45, 2.75) is 13.3 Å². The summed E-state index contributed by atoms with van der Waals surface area (Å²) in [4.78, 5) is 19.7. The molecule has 2 heterocycles. The third-order valence-corrected chi connectivity index (χ3v) is 2.13. The number of likely N-dealkylation sites (N-methyl/N-ethyl adjacent to an activating group) is 1. The number of H-pyrrole nitrogens is 1. The van der Waals surface area contributed by atoms with E-state index in [-0.39, 0.29) is 12.3 Å². The van der Waals surface area contributed by atoms with Gasteiger partial charge >= 0.3 is 0 Å². The number of hydrogen-bond donors (Lipinski definition) is 2. The molecular formula is C11H13N5O. The van der Waals surface area contributed by atoms with E-state index in [0.29, 0.717) is 23.9 Å². The molecule has 17 heavy (non-hydrogen) atoms. The quantitative estimate of drug-likeness (QED) is 0.804. The Morgan fingerprint density at radius 2 is 2.35 bits per heavy atom. The maximum atomic E-state index is 11.3. The lowest BCUT2D eigenvalue weighted by Gasteiger charge is -1.97. The number of rotatable bonds is 4. The lowest BCUT2D eigenvalue weighted by molar-refractivity contribution is -0.120. The van der Waals surface area contributed by atoms with Gasteiger partial charge in [0.1, 0.15) is 11.5 Å². The lowest BCUT2D eigenvalue weighted by Crippen LogP contribution is -2.24. The fraction of sp³-hybridized carbons (Fsp3) is 0.273. The molecule has 0 unspecified atom stereocenters. The van der Waals surface area contributed by atoms with Gasteiger partial charge in [-0.15, -0.1) is 0 Å². The Labute approximate surface area is 98.5 Å². The molecule has 0 aromatic carbocycles. The average Bonchev–Trinajstić information content (AvgIpc) is 2.79. The minimum Gasteiger partial charge on any atom is -0.356 e. The summed E-state index contributed by atoms with van der Waals surface area (Å²) < 4.78 is 0. The Hall–Kier alpha value is -2.24. The molecule has 0 aliphatic heterocycles. The molecule has 0 radical (unpaired) electrons. The van der Waals surface area contributed by atoms with Gasteiger partial charge in [0.15, 0.2) is 5.82 Å². The van der Waals surface area contributed by atoms with E-state index in [1.807, 2.05) is 25.1 Å². The number of nitrogens with zero attached hydrogens (tertiary/aromatic N) is 3. The van der Waals surface area contributed by atoms with Gasteiger partial charge in [0.05, 0.1) is 6.42 Å². The van der Waals surface area contributed by atoms with Crippen molar-refractivity contribution in [3.05, 3.63) is 30.2 Å². The SMILES string of the molecule is CCNC(=O)Cc1nc(-c2ccccn2)n[nH]1. The van der Waals surface area contributed by atoms with Crippen LogP contribution in [0.3, 0.4) is 0 Å². The Bertz CT molecular complexity index is 494. The molecule has 2 aromatic rings. The zero-order valence-electron chi connectivity index (χ0n) is 9.47. The summed E-state index contributed by atoms with van der Waals surface area (Å²) in [7, 11) is 0. The molecule has 6 nitrogen and oxygen atoms in total. The molecule has 2 aromatic heterocycles. The minimum absolute atomic E-state index is 0.0729. The highest BCUT2D eigenvalue weighted by atomic mass is 16.1. The summed E-state index contributed by atoms with van der Waals surface area (Å²) in [5.74, 6) is 0.970. The predicted octanol–water partition coefficient (Wildman–Crippen LogP) is 0.545. The van der Waals surface area contributed by atoms with Gasteiger partial charge in [0.25, 0.3) is 0 Å². The van der Waals surface area contributed by atoms with Crippen LogP contribution in [-0.4, -0.2) is 32.6 Å². The van der Waals surface area contributed by atoms with E-state index in [4.69, 9.17) is 0 Å². The van der Waals surface area contributed by atoms with Crippen LogP contribution in [0.5, 0.6) is 0 Å². The van der Waals surface area contributed by atoms with Crippen molar-refractivity contribution in [2.75, 3.05) is 6.54 Å². The molecule has 1 amide bonds. The monoisotopic (exact) mass is 231 g/mol. The van der Waals surface area contributed by atoms with Crippen molar-refractivity contribution in [1.82, 2.24) is 25.5 Å². The maximum Gasteiger partial charge on any atom is 0.227 e. The molecule has 2 N–H and O–H groups in total. The third-order valence-electron chi connectivity index (χ3n) is 2.13. The van der Waals surface area contributed by atoms with Gasteiger partial charge in [-0.1, -0.05) is 6.07 Å². The van der Waals surface area contributed by atoms with E-state index in [1.54, 1.807) is 6.20 Å². The zero-order valence-corrected chi connectivity index (χ0v) is 9.47. The van der Waals surface area contributed by atoms with Crippen LogP contribution in [0.1, 0.15) is 12.7 Å². The maximum absolute atomic E-state index is 11.3. The topological polar surface area (TPSA) is 83.6 Å². The van der Waals surface area contributed by atoms with Crippen LogP contribution in [0.15, 0.2) is 24.4 Å². The zero-order chi connectivity index (χ0) is 12.1. The van der Waals surface area contributed by atoms with E-state index in [2.05, 4.69) is 25.5 Å². The summed E-state index contributed by atoms with van der Waals surface area (Å²) in [6.07, 6.45) is 1.88. The van der Waals surface area contributed by atoms with Crippen LogP contribution in [0.25, 0.3) is 11.5 Å². The largest absolute Gasteiger partial charge is 0.356 e. The summed E-state index contributed by atoms with van der Waals surface area (Å²) in [6.45, 7) is 2.48. The lowest BCUT2D eigenvalue weighted by atomic mass is 10.3. The van der Waals surface area contributed by atoms with Crippen molar-refractivity contribution in [1.29, 1.82) is 0 Å². The van der Waals surface area contributed by atoms with E-state index in [0.717, 1.165) is 0 Å².